The predicted octanol–water partition coefficient (Wildman–Crippen LogP) is -0.910. The Morgan fingerprint density at radius 1 is 1.29 bits per heavy atom. The molecule has 0 spiro atoms. The van der Waals surface area contributed by atoms with Crippen LogP contribution in [0.3, 0.4) is 0 Å². The van der Waals surface area contributed by atoms with Gasteiger partial charge in [0.05, 0.1) is 30.1 Å². The smallest absolute Gasteiger partial charge is 0.236 e. The molecule has 2 aliphatic heterocycles. The molecule has 0 aromatic carbocycles. The van der Waals surface area contributed by atoms with Gasteiger partial charge in [0.1, 0.15) is 0 Å². The number of fused-ring (bicyclic) bond motifs is 1. The maximum absolute atomic E-state index is 12.2. The molecule has 0 saturated carbocycles. The van der Waals surface area contributed by atoms with E-state index in [1.807, 2.05) is 11.8 Å². The Morgan fingerprint density at radius 2 is 1.92 bits per heavy atom. The van der Waals surface area contributed by atoms with Crippen molar-refractivity contribution in [1.82, 2.24) is 24.7 Å². The molecule has 134 valence electrons. The van der Waals surface area contributed by atoms with E-state index in [2.05, 4.69) is 14.9 Å². The van der Waals surface area contributed by atoms with E-state index < -0.39 is 9.84 Å². The predicted molar refractivity (Wildman–Crippen MR) is 90.2 cm³/mol. The van der Waals surface area contributed by atoms with Gasteiger partial charge in [0.15, 0.2) is 9.84 Å². The minimum absolute atomic E-state index is 0.00893. The van der Waals surface area contributed by atoms with E-state index in [4.69, 9.17) is 0 Å². The number of H-pyrrole nitrogens is 1. The summed E-state index contributed by atoms with van der Waals surface area (Å²) in [5.41, 5.74) is 1.97. The van der Waals surface area contributed by atoms with E-state index >= 15 is 0 Å². The van der Waals surface area contributed by atoms with Gasteiger partial charge in [0, 0.05) is 51.5 Å². The third-order valence-corrected chi connectivity index (χ3v) is 6.73. The van der Waals surface area contributed by atoms with Gasteiger partial charge < -0.3 is 9.88 Å². The van der Waals surface area contributed by atoms with E-state index in [9.17, 15) is 13.2 Å². The quantitative estimate of drug-likeness (QED) is 0.752. The number of piperazine rings is 1. The van der Waals surface area contributed by atoms with Crippen molar-refractivity contribution in [3.63, 3.8) is 0 Å². The summed E-state index contributed by atoms with van der Waals surface area (Å²) < 4.78 is 24.4. The maximum atomic E-state index is 12.2. The largest absolute Gasteiger partial charge is 0.348 e. The Labute approximate surface area is 142 Å². The molecule has 3 heterocycles. The summed E-state index contributed by atoms with van der Waals surface area (Å²) in [4.78, 5) is 25.2. The summed E-state index contributed by atoms with van der Waals surface area (Å²) in [6.45, 7) is 4.32. The zero-order valence-corrected chi connectivity index (χ0v) is 15.2. The first-order valence-electron chi connectivity index (χ1n) is 8.14. The molecule has 1 aromatic rings. The molecular formula is C15H25N5O3S. The molecule has 0 radical (unpaired) electrons. The maximum Gasteiger partial charge on any atom is 0.236 e. The van der Waals surface area contributed by atoms with Crippen molar-refractivity contribution in [3.05, 3.63) is 17.7 Å². The van der Waals surface area contributed by atoms with Crippen LogP contribution in [0.25, 0.3) is 0 Å². The number of hydrogen-bond acceptors (Lipinski definition) is 6. The fourth-order valence-electron chi connectivity index (χ4n) is 3.54. The van der Waals surface area contributed by atoms with Crippen molar-refractivity contribution in [2.24, 2.45) is 0 Å². The number of nitrogens with zero attached hydrogens (tertiary/aromatic N) is 4. The minimum Gasteiger partial charge on any atom is -0.348 e. The Hall–Kier alpha value is -1.45. The van der Waals surface area contributed by atoms with Gasteiger partial charge in [-0.3, -0.25) is 14.6 Å². The zero-order chi connectivity index (χ0) is 17.5. The molecule has 2 aliphatic rings. The van der Waals surface area contributed by atoms with Crippen LogP contribution in [-0.2, 0) is 21.2 Å². The number of carbonyl (C=O) groups excluding carboxylic acids is 1. The van der Waals surface area contributed by atoms with Crippen LogP contribution in [0.15, 0.2) is 6.33 Å². The Kier molecular flexibility index (Phi) is 4.67. The van der Waals surface area contributed by atoms with Gasteiger partial charge in [-0.05, 0) is 6.92 Å². The fourth-order valence-corrected chi connectivity index (χ4v) is 5.59. The van der Waals surface area contributed by atoms with Crippen LogP contribution in [0.5, 0.6) is 0 Å². The van der Waals surface area contributed by atoms with E-state index in [-0.39, 0.29) is 36.0 Å². The minimum atomic E-state index is -3.08. The molecular weight excluding hydrogens is 330 g/mol. The average Bonchev–Trinajstić information content (AvgIpc) is 3.04. The molecule has 2 atom stereocenters. The van der Waals surface area contributed by atoms with Crippen LogP contribution in [0, 0.1) is 6.92 Å². The first-order valence-corrected chi connectivity index (χ1v) is 9.96. The van der Waals surface area contributed by atoms with Crippen LogP contribution in [0.4, 0.5) is 0 Å². The number of amides is 1. The van der Waals surface area contributed by atoms with Crippen LogP contribution in [0.1, 0.15) is 11.4 Å². The molecule has 3 rings (SSSR count). The number of aryl methyl sites for hydroxylation is 1. The second-order valence-electron chi connectivity index (χ2n) is 6.91. The summed E-state index contributed by atoms with van der Waals surface area (Å²) in [6, 6.07) is -0.193. The molecule has 24 heavy (non-hydrogen) atoms. The molecule has 0 bridgehead atoms. The highest BCUT2D eigenvalue weighted by Gasteiger charge is 2.47. The summed E-state index contributed by atoms with van der Waals surface area (Å²) in [7, 11) is 0.372. The topological polar surface area (TPSA) is 89.6 Å². The number of rotatable bonds is 4. The van der Waals surface area contributed by atoms with Crippen molar-refractivity contribution < 1.29 is 13.2 Å². The Balaban J connectivity index is 1.77. The van der Waals surface area contributed by atoms with E-state index in [1.54, 1.807) is 25.3 Å². The summed E-state index contributed by atoms with van der Waals surface area (Å²) >= 11 is 0. The van der Waals surface area contributed by atoms with Gasteiger partial charge in [0.2, 0.25) is 5.91 Å². The lowest BCUT2D eigenvalue weighted by Crippen LogP contribution is -2.60. The number of aromatic nitrogens is 2. The highest BCUT2D eigenvalue weighted by molar-refractivity contribution is 7.91. The van der Waals surface area contributed by atoms with Gasteiger partial charge in [-0.2, -0.15) is 0 Å². The van der Waals surface area contributed by atoms with Crippen molar-refractivity contribution in [1.29, 1.82) is 0 Å². The first-order chi connectivity index (χ1) is 11.3. The third kappa shape index (κ3) is 3.47. The number of imidazole rings is 1. The molecule has 0 unspecified atom stereocenters. The third-order valence-electron chi connectivity index (χ3n) is 5.03. The summed E-state index contributed by atoms with van der Waals surface area (Å²) in [5.74, 6) is 0.303. The first kappa shape index (κ1) is 17.4. The van der Waals surface area contributed by atoms with Crippen molar-refractivity contribution in [2.45, 2.75) is 25.6 Å². The molecule has 1 N–H and O–H groups in total. The van der Waals surface area contributed by atoms with E-state index in [1.165, 1.54) is 0 Å². The zero-order valence-electron chi connectivity index (χ0n) is 14.4. The second-order valence-corrected chi connectivity index (χ2v) is 9.07. The fraction of sp³-hybridized carbons (Fsp3) is 0.733. The molecule has 2 fully saturated rings. The number of hydrogen-bond donors (Lipinski definition) is 1. The highest BCUT2D eigenvalue weighted by Crippen LogP contribution is 2.28. The lowest BCUT2D eigenvalue weighted by Gasteiger charge is -2.43. The van der Waals surface area contributed by atoms with Crippen molar-refractivity contribution in [2.75, 3.05) is 45.2 Å². The average molecular weight is 355 g/mol. The Bertz CT molecular complexity index is 714. The van der Waals surface area contributed by atoms with Crippen molar-refractivity contribution >= 4 is 15.7 Å². The number of nitrogens with one attached hydrogen (secondary N) is 1. The van der Waals surface area contributed by atoms with E-state index in [0.717, 1.165) is 17.9 Å². The molecule has 9 heteroatoms. The van der Waals surface area contributed by atoms with Crippen LogP contribution >= 0.6 is 0 Å². The van der Waals surface area contributed by atoms with Crippen LogP contribution in [-0.4, -0.2) is 96.3 Å². The van der Waals surface area contributed by atoms with Gasteiger partial charge >= 0.3 is 0 Å². The van der Waals surface area contributed by atoms with Crippen molar-refractivity contribution in [3.8, 4) is 0 Å². The molecule has 0 aliphatic carbocycles. The highest BCUT2D eigenvalue weighted by atomic mass is 32.2. The standard InChI is InChI=1S/C15H25N5O3S/c1-11-12(17-10-16-11)6-19-4-5-20(7-15(21)18(2)3)14-9-24(22,23)8-13(14)19/h10,13-14H,4-9H2,1-3H3,(H,16,17)/t13-,14+/m1/s1. The second kappa shape index (κ2) is 6.45. The van der Waals surface area contributed by atoms with E-state index in [0.29, 0.717) is 13.1 Å². The Morgan fingerprint density at radius 3 is 2.50 bits per heavy atom. The van der Waals surface area contributed by atoms with Crippen LogP contribution < -0.4 is 0 Å². The SMILES string of the molecule is Cc1[nH]cnc1CN1CCN(CC(=O)N(C)C)[C@H]2CS(=O)(=O)C[C@H]21. The van der Waals surface area contributed by atoms with Gasteiger partial charge in [-0.25, -0.2) is 13.4 Å². The van der Waals surface area contributed by atoms with Gasteiger partial charge in [0.25, 0.3) is 0 Å². The summed E-state index contributed by atoms with van der Waals surface area (Å²) in [6.07, 6.45) is 1.67. The van der Waals surface area contributed by atoms with Gasteiger partial charge in [-0.1, -0.05) is 0 Å². The monoisotopic (exact) mass is 355 g/mol. The number of sulfone groups is 1. The van der Waals surface area contributed by atoms with Crippen LogP contribution in [0.2, 0.25) is 0 Å². The number of aromatic amines is 1. The normalized spacial score (nSPS) is 27.1. The molecule has 1 aromatic heterocycles. The number of carbonyl (C=O) groups is 1. The summed E-state index contributed by atoms with van der Waals surface area (Å²) in [5, 5.41) is 0. The lowest BCUT2D eigenvalue weighted by atomic mass is 10.0. The van der Waals surface area contributed by atoms with Gasteiger partial charge in [-0.15, -0.1) is 0 Å². The lowest BCUT2D eigenvalue weighted by molar-refractivity contribution is -0.131. The molecule has 2 saturated heterocycles. The number of likely N-dealkylation sites (N-methyl/N-ethyl adjacent to an activating group) is 1. The molecule has 8 nitrogen and oxygen atoms in total. The molecule has 1 amide bonds.